The smallest absolute Gasteiger partial charge is 0.314 e. The molecule has 1 saturated heterocycles. The molecule has 1 unspecified atom stereocenters. The number of anilines is 2. The molecule has 0 bridgehead atoms. The average molecular weight is 340 g/mol. The Kier molecular flexibility index (Phi) is 5.19. The van der Waals surface area contributed by atoms with Crippen molar-refractivity contribution < 1.29 is 9.53 Å². The molecule has 132 valence electrons. The van der Waals surface area contributed by atoms with E-state index in [0.29, 0.717) is 24.6 Å². The van der Waals surface area contributed by atoms with E-state index in [9.17, 15) is 4.79 Å². The van der Waals surface area contributed by atoms with Crippen molar-refractivity contribution in [2.45, 2.75) is 13.0 Å². The molecular weight excluding hydrogens is 316 g/mol. The number of nitrogen functional groups attached to an aromatic ring is 1. The fraction of sp³-hybridized carbons (Fsp3) is 0.368. The van der Waals surface area contributed by atoms with E-state index in [1.807, 2.05) is 18.2 Å². The van der Waals surface area contributed by atoms with Crippen LogP contribution in [0.4, 0.5) is 11.5 Å². The molecule has 0 aliphatic carbocycles. The molecule has 1 aromatic carbocycles. The molecule has 3 rings (SSSR count). The van der Waals surface area contributed by atoms with Crippen molar-refractivity contribution in [2.24, 2.45) is 5.41 Å². The van der Waals surface area contributed by atoms with Crippen LogP contribution < -0.4 is 11.1 Å². The van der Waals surface area contributed by atoms with Crippen LogP contribution in [0.3, 0.4) is 0 Å². The minimum absolute atomic E-state index is 0.190. The van der Waals surface area contributed by atoms with Crippen molar-refractivity contribution >= 4 is 17.5 Å². The van der Waals surface area contributed by atoms with Crippen molar-refractivity contribution in [3.05, 3.63) is 54.2 Å². The summed E-state index contributed by atoms with van der Waals surface area (Å²) in [5.41, 5.74) is 7.16. The van der Waals surface area contributed by atoms with Gasteiger partial charge in [-0.2, -0.15) is 0 Å². The Labute approximate surface area is 148 Å². The van der Waals surface area contributed by atoms with E-state index in [1.54, 1.807) is 18.3 Å². The number of benzene rings is 1. The number of hydrogen-bond acceptors (Lipinski definition) is 6. The number of nitrogens with zero attached hydrogens (tertiary/aromatic N) is 2. The Hall–Kier alpha value is -2.60. The Bertz CT molecular complexity index is 722. The van der Waals surface area contributed by atoms with Gasteiger partial charge in [-0.3, -0.25) is 9.69 Å². The number of nitrogens with two attached hydrogens (primary N) is 1. The number of aromatic nitrogens is 1. The molecular formula is C19H24N4O2. The van der Waals surface area contributed by atoms with Crippen LogP contribution in [0.25, 0.3) is 0 Å². The predicted octanol–water partition coefficient (Wildman–Crippen LogP) is 2.14. The number of carbonyl (C=O) groups is 1. The number of hydrogen-bond donors (Lipinski definition) is 2. The average Bonchev–Trinajstić information content (AvgIpc) is 3.05. The molecule has 3 N–H and O–H groups in total. The summed E-state index contributed by atoms with van der Waals surface area (Å²) in [6, 6.07) is 13.8. The summed E-state index contributed by atoms with van der Waals surface area (Å²) in [6.45, 7) is 2.77. The molecule has 1 fully saturated rings. The van der Waals surface area contributed by atoms with E-state index >= 15 is 0 Å². The normalized spacial score (nSPS) is 20.4. The van der Waals surface area contributed by atoms with Crippen LogP contribution in [-0.4, -0.2) is 42.6 Å². The lowest BCUT2D eigenvalue weighted by Gasteiger charge is -2.27. The first-order valence-electron chi connectivity index (χ1n) is 8.42. The lowest BCUT2D eigenvalue weighted by molar-refractivity contribution is -0.151. The van der Waals surface area contributed by atoms with Crippen molar-refractivity contribution in [3.63, 3.8) is 0 Å². The van der Waals surface area contributed by atoms with Crippen LogP contribution in [0.5, 0.6) is 0 Å². The summed E-state index contributed by atoms with van der Waals surface area (Å²) in [7, 11) is 1.44. The molecule has 1 atom stereocenters. The van der Waals surface area contributed by atoms with Gasteiger partial charge in [0.1, 0.15) is 5.82 Å². The Morgan fingerprint density at radius 2 is 2.12 bits per heavy atom. The Morgan fingerprint density at radius 1 is 1.32 bits per heavy atom. The molecule has 0 saturated carbocycles. The minimum atomic E-state index is -0.590. The second kappa shape index (κ2) is 7.53. The highest BCUT2D eigenvalue weighted by Gasteiger charge is 2.45. The van der Waals surface area contributed by atoms with Gasteiger partial charge in [-0.25, -0.2) is 4.98 Å². The van der Waals surface area contributed by atoms with Gasteiger partial charge in [0.15, 0.2) is 0 Å². The highest BCUT2D eigenvalue weighted by atomic mass is 16.5. The van der Waals surface area contributed by atoms with Gasteiger partial charge in [0.25, 0.3) is 0 Å². The monoisotopic (exact) mass is 340 g/mol. The van der Waals surface area contributed by atoms with Gasteiger partial charge in [0, 0.05) is 25.8 Å². The second-order valence-electron chi connectivity index (χ2n) is 6.51. The molecule has 0 amide bonds. The third-order valence-corrected chi connectivity index (χ3v) is 4.73. The summed E-state index contributed by atoms with van der Waals surface area (Å²) in [6.07, 6.45) is 2.42. The predicted molar refractivity (Wildman–Crippen MR) is 97.9 cm³/mol. The molecule has 2 heterocycles. The van der Waals surface area contributed by atoms with Crippen molar-refractivity contribution in [1.29, 1.82) is 0 Å². The second-order valence-corrected chi connectivity index (χ2v) is 6.51. The molecule has 6 nitrogen and oxygen atoms in total. The molecule has 1 aromatic heterocycles. The lowest BCUT2D eigenvalue weighted by atomic mass is 9.87. The van der Waals surface area contributed by atoms with Crippen LogP contribution in [-0.2, 0) is 16.1 Å². The molecule has 25 heavy (non-hydrogen) atoms. The molecule has 1 aliphatic heterocycles. The number of methoxy groups -OCH3 is 1. The summed E-state index contributed by atoms with van der Waals surface area (Å²) >= 11 is 0. The molecule has 0 radical (unpaired) electrons. The third-order valence-electron chi connectivity index (χ3n) is 4.73. The fourth-order valence-corrected chi connectivity index (χ4v) is 3.35. The highest BCUT2D eigenvalue weighted by Crippen LogP contribution is 2.33. The van der Waals surface area contributed by atoms with Gasteiger partial charge in [-0.15, -0.1) is 0 Å². The molecule has 0 spiro atoms. The number of carbonyl (C=O) groups excluding carboxylic acids is 1. The summed E-state index contributed by atoms with van der Waals surface area (Å²) in [4.78, 5) is 19.0. The van der Waals surface area contributed by atoms with E-state index < -0.39 is 5.41 Å². The first kappa shape index (κ1) is 17.2. The van der Waals surface area contributed by atoms with Gasteiger partial charge in [0.2, 0.25) is 0 Å². The maximum absolute atomic E-state index is 12.5. The maximum Gasteiger partial charge on any atom is 0.314 e. The molecule has 1 aliphatic rings. The van der Waals surface area contributed by atoms with E-state index in [-0.39, 0.29) is 5.97 Å². The first-order valence-corrected chi connectivity index (χ1v) is 8.42. The SMILES string of the molecule is COC(=O)C1(CNc2ncccc2N)CCN(Cc2ccccc2)C1. The van der Waals surface area contributed by atoms with E-state index in [0.717, 1.165) is 19.5 Å². The van der Waals surface area contributed by atoms with Gasteiger partial charge in [-0.1, -0.05) is 30.3 Å². The standard InChI is InChI=1S/C19H24N4O2/c1-25-18(24)19(13-22-17-16(20)8-5-10-21-17)9-11-23(14-19)12-15-6-3-2-4-7-15/h2-8,10H,9,11-14,20H2,1H3,(H,21,22). The van der Waals surface area contributed by atoms with Crippen molar-refractivity contribution in [1.82, 2.24) is 9.88 Å². The summed E-state index contributed by atoms with van der Waals surface area (Å²) in [5.74, 6) is 0.414. The van der Waals surface area contributed by atoms with Crippen molar-refractivity contribution in [3.8, 4) is 0 Å². The zero-order valence-electron chi connectivity index (χ0n) is 14.4. The maximum atomic E-state index is 12.5. The fourth-order valence-electron chi connectivity index (χ4n) is 3.35. The molecule has 6 heteroatoms. The summed E-state index contributed by atoms with van der Waals surface area (Å²) in [5, 5.41) is 3.23. The van der Waals surface area contributed by atoms with Gasteiger partial charge >= 0.3 is 5.97 Å². The van der Waals surface area contributed by atoms with Crippen LogP contribution >= 0.6 is 0 Å². The number of nitrogens with one attached hydrogen (secondary N) is 1. The van der Waals surface area contributed by atoms with Crippen LogP contribution in [0.15, 0.2) is 48.7 Å². The number of esters is 1. The quantitative estimate of drug-likeness (QED) is 0.784. The third kappa shape index (κ3) is 3.91. The minimum Gasteiger partial charge on any atom is -0.469 e. The van der Waals surface area contributed by atoms with Crippen LogP contribution in [0.1, 0.15) is 12.0 Å². The van der Waals surface area contributed by atoms with E-state index in [2.05, 4.69) is 27.3 Å². The number of pyridine rings is 1. The first-order chi connectivity index (χ1) is 12.1. The van der Waals surface area contributed by atoms with Gasteiger partial charge < -0.3 is 15.8 Å². The zero-order valence-corrected chi connectivity index (χ0v) is 14.4. The largest absolute Gasteiger partial charge is 0.469 e. The molecule has 2 aromatic rings. The Balaban J connectivity index is 1.70. The van der Waals surface area contributed by atoms with E-state index in [4.69, 9.17) is 10.5 Å². The number of likely N-dealkylation sites (tertiary alicyclic amines) is 1. The van der Waals surface area contributed by atoms with Gasteiger partial charge in [-0.05, 0) is 30.7 Å². The Morgan fingerprint density at radius 3 is 2.84 bits per heavy atom. The van der Waals surface area contributed by atoms with Crippen molar-refractivity contribution in [2.75, 3.05) is 37.8 Å². The number of rotatable bonds is 6. The van der Waals surface area contributed by atoms with Crippen LogP contribution in [0.2, 0.25) is 0 Å². The van der Waals surface area contributed by atoms with Crippen LogP contribution in [0, 0.1) is 5.41 Å². The van der Waals surface area contributed by atoms with E-state index in [1.165, 1.54) is 12.7 Å². The topological polar surface area (TPSA) is 80.5 Å². The van der Waals surface area contributed by atoms with Gasteiger partial charge in [0.05, 0.1) is 18.2 Å². The number of ether oxygens (including phenoxy) is 1. The highest BCUT2D eigenvalue weighted by molar-refractivity contribution is 5.78. The summed E-state index contributed by atoms with van der Waals surface area (Å²) < 4.78 is 5.10. The lowest BCUT2D eigenvalue weighted by Crippen LogP contribution is -2.41. The zero-order chi connectivity index (χ0) is 17.7.